The molecule has 5 heteroatoms. The first-order valence-electron chi connectivity index (χ1n) is 6.59. The monoisotopic (exact) mass is 252 g/mol. The van der Waals surface area contributed by atoms with Gasteiger partial charge < -0.3 is 5.73 Å². The Morgan fingerprint density at radius 1 is 1.28 bits per heavy atom. The maximum absolute atomic E-state index is 11.0. The van der Waals surface area contributed by atoms with Crippen LogP contribution in [0.25, 0.3) is 0 Å². The molecule has 0 spiro atoms. The molecule has 18 heavy (non-hydrogen) atoms. The van der Waals surface area contributed by atoms with Gasteiger partial charge >= 0.3 is 0 Å². The number of nitrogens with two attached hydrogens (primary N) is 1. The Kier molecular flexibility index (Phi) is 5.31. The van der Waals surface area contributed by atoms with Crippen LogP contribution in [0.3, 0.4) is 0 Å². The van der Waals surface area contributed by atoms with E-state index in [1.165, 1.54) is 0 Å². The number of aromatic nitrogens is 3. The summed E-state index contributed by atoms with van der Waals surface area (Å²) in [5, 5.41) is 8.25. The molecule has 2 N–H and O–H groups in total. The van der Waals surface area contributed by atoms with Crippen molar-refractivity contribution in [2.75, 3.05) is 0 Å². The third kappa shape index (κ3) is 4.47. The van der Waals surface area contributed by atoms with Crippen LogP contribution in [0.15, 0.2) is 0 Å². The van der Waals surface area contributed by atoms with Crippen LogP contribution in [0.2, 0.25) is 0 Å². The van der Waals surface area contributed by atoms with E-state index in [9.17, 15) is 4.79 Å². The smallest absolute Gasteiger partial charge is 0.223 e. The average molecular weight is 252 g/mol. The van der Waals surface area contributed by atoms with Gasteiger partial charge in [-0.1, -0.05) is 32.9 Å². The van der Waals surface area contributed by atoms with E-state index in [1.54, 1.807) is 0 Å². The van der Waals surface area contributed by atoms with Gasteiger partial charge in [0.15, 0.2) is 0 Å². The van der Waals surface area contributed by atoms with E-state index in [2.05, 4.69) is 38.0 Å². The van der Waals surface area contributed by atoms with Gasteiger partial charge in [-0.05, 0) is 24.7 Å². The zero-order valence-corrected chi connectivity index (χ0v) is 11.8. The Balaban J connectivity index is 2.89. The van der Waals surface area contributed by atoms with E-state index < -0.39 is 0 Å². The summed E-state index contributed by atoms with van der Waals surface area (Å²) in [7, 11) is 0. The molecule has 0 aromatic carbocycles. The third-order valence-corrected chi connectivity index (χ3v) is 2.76. The standard InChI is InChI=1S/C13H24N4O/c1-9(2)5-6-12-11(7-13(14)18)15-16-17(12)8-10(3)4/h9-10H,5-8H2,1-4H3,(H2,14,18). The summed E-state index contributed by atoms with van der Waals surface area (Å²) < 4.78 is 1.92. The molecule has 0 atom stereocenters. The minimum absolute atomic E-state index is 0.186. The zero-order chi connectivity index (χ0) is 13.7. The first-order chi connectivity index (χ1) is 8.40. The predicted molar refractivity (Wildman–Crippen MR) is 70.9 cm³/mol. The van der Waals surface area contributed by atoms with E-state index in [-0.39, 0.29) is 12.3 Å². The summed E-state index contributed by atoms with van der Waals surface area (Å²) >= 11 is 0. The summed E-state index contributed by atoms with van der Waals surface area (Å²) in [6.45, 7) is 9.48. The van der Waals surface area contributed by atoms with E-state index in [0.717, 1.165) is 30.8 Å². The lowest BCUT2D eigenvalue weighted by Gasteiger charge is -2.11. The van der Waals surface area contributed by atoms with Gasteiger partial charge in [-0.25, -0.2) is 4.68 Å². The molecule has 1 rings (SSSR count). The van der Waals surface area contributed by atoms with Gasteiger partial charge in [-0.15, -0.1) is 5.10 Å². The number of hydrogen-bond acceptors (Lipinski definition) is 3. The van der Waals surface area contributed by atoms with E-state index in [0.29, 0.717) is 11.8 Å². The van der Waals surface area contributed by atoms with Gasteiger partial charge in [0.05, 0.1) is 17.8 Å². The second-order valence-corrected chi connectivity index (χ2v) is 5.63. The number of rotatable bonds is 7. The molecule has 0 fully saturated rings. The van der Waals surface area contributed by atoms with Crippen LogP contribution in [-0.4, -0.2) is 20.9 Å². The van der Waals surface area contributed by atoms with Crippen molar-refractivity contribution in [1.29, 1.82) is 0 Å². The van der Waals surface area contributed by atoms with Crippen LogP contribution in [0.1, 0.15) is 45.5 Å². The van der Waals surface area contributed by atoms with Crippen molar-refractivity contribution in [3.05, 3.63) is 11.4 Å². The highest BCUT2D eigenvalue weighted by Gasteiger charge is 2.15. The van der Waals surface area contributed by atoms with Crippen molar-refractivity contribution in [3.8, 4) is 0 Å². The normalized spacial score (nSPS) is 11.4. The van der Waals surface area contributed by atoms with Gasteiger partial charge in [-0.2, -0.15) is 0 Å². The molecule has 1 aromatic rings. The molecule has 0 bridgehead atoms. The summed E-state index contributed by atoms with van der Waals surface area (Å²) in [5.74, 6) is 0.775. The highest BCUT2D eigenvalue weighted by molar-refractivity contribution is 5.76. The van der Waals surface area contributed by atoms with Crippen LogP contribution >= 0.6 is 0 Å². The molecule has 0 aliphatic heterocycles. The van der Waals surface area contributed by atoms with Gasteiger partial charge in [0.2, 0.25) is 5.91 Å². The number of primary amides is 1. The van der Waals surface area contributed by atoms with Crippen molar-refractivity contribution in [2.45, 2.75) is 53.5 Å². The van der Waals surface area contributed by atoms with Crippen molar-refractivity contribution >= 4 is 5.91 Å². The molecular weight excluding hydrogens is 228 g/mol. The number of nitrogens with zero attached hydrogens (tertiary/aromatic N) is 3. The third-order valence-electron chi connectivity index (χ3n) is 2.76. The molecule has 1 amide bonds. The molecule has 0 saturated carbocycles. The first-order valence-corrected chi connectivity index (χ1v) is 6.59. The van der Waals surface area contributed by atoms with Crippen LogP contribution in [-0.2, 0) is 24.2 Å². The average Bonchev–Trinajstić information content (AvgIpc) is 2.56. The number of carbonyl (C=O) groups excluding carboxylic acids is 1. The second kappa shape index (κ2) is 6.52. The van der Waals surface area contributed by atoms with E-state index in [4.69, 9.17) is 5.73 Å². The number of amides is 1. The van der Waals surface area contributed by atoms with Gasteiger partial charge in [0, 0.05) is 6.54 Å². The largest absolute Gasteiger partial charge is 0.369 e. The molecule has 0 radical (unpaired) electrons. The Morgan fingerprint density at radius 2 is 1.94 bits per heavy atom. The van der Waals surface area contributed by atoms with Crippen LogP contribution < -0.4 is 5.73 Å². The fourth-order valence-corrected chi connectivity index (χ4v) is 1.86. The van der Waals surface area contributed by atoms with E-state index in [1.807, 2.05) is 4.68 Å². The number of hydrogen-bond donors (Lipinski definition) is 1. The summed E-state index contributed by atoms with van der Waals surface area (Å²) in [6.07, 6.45) is 2.16. The second-order valence-electron chi connectivity index (χ2n) is 5.63. The maximum atomic E-state index is 11.0. The Hall–Kier alpha value is -1.39. The van der Waals surface area contributed by atoms with E-state index >= 15 is 0 Å². The lowest BCUT2D eigenvalue weighted by Crippen LogP contribution is -2.16. The molecule has 0 unspecified atom stereocenters. The van der Waals surface area contributed by atoms with Gasteiger partial charge in [0.1, 0.15) is 0 Å². The Bertz CT molecular complexity index is 396. The first kappa shape index (κ1) is 14.7. The lowest BCUT2D eigenvalue weighted by molar-refractivity contribution is -0.117. The quantitative estimate of drug-likeness (QED) is 0.800. The summed E-state index contributed by atoms with van der Waals surface area (Å²) in [5.41, 5.74) is 7.05. The molecule has 102 valence electrons. The SMILES string of the molecule is CC(C)CCc1c(CC(N)=O)nnn1CC(C)C. The predicted octanol–water partition coefficient (Wildman–Crippen LogP) is 1.55. The Morgan fingerprint density at radius 3 is 2.44 bits per heavy atom. The highest BCUT2D eigenvalue weighted by atomic mass is 16.1. The molecule has 1 aromatic heterocycles. The van der Waals surface area contributed by atoms with Gasteiger partial charge in [-0.3, -0.25) is 4.79 Å². The molecule has 1 heterocycles. The highest BCUT2D eigenvalue weighted by Crippen LogP contribution is 2.14. The van der Waals surface area contributed by atoms with Crippen LogP contribution in [0.4, 0.5) is 0 Å². The molecule has 0 aliphatic rings. The van der Waals surface area contributed by atoms with Crippen LogP contribution in [0.5, 0.6) is 0 Å². The van der Waals surface area contributed by atoms with Gasteiger partial charge in [0.25, 0.3) is 0 Å². The molecule has 0 saturated heterocycles. The minimum Gasteiger partial charge on any atom is -0.369 e. The maximum Gasteiger partial charge on any atom is 0.223 e. The van der Waals surface area contributed by atoms with Crippen molar-refractivity contribution in [2.24, 2.45) is 17.6 Å². The lowest BCUT2D eigenvalue weighted by atomic mass is 10.0. The number of carbonyl (C=O) groups is 1. The topological polar surface area (TPSA) is 73.8 Å². The van der Waals surface area contributed by atoms with Crippen molar-refractivity contribution in [3.63, 3.8) is 0 Å². The Labute approximate surface area is 109 Å². The minimum atomic E-state index is -0.350. The fraction of sp³-hybridized carbons (Fsp3) is 0.769. The molecular formula is C13H24N4O. The van der Waals surface area contributed by atoms with Crippen molar-refractivity contribution in [1.82, 2.24) is 15.0 Å². The van der Waals surface area contributed by atoms with Crippen molar-refractivity contribution < 1.29 is 4.79 Å². The molecule has 0 aliphatic carbocycles. The molecule has 5 nitrogen and oxygen atoms in total. The zero-order valence-electron chi connectivity index (χ0n) is 11.8. The van der Waals surface area contributed by atoms with Crippen LogP contribution in [0, 0.1) is 11.8 Å². The fourth-order valence-electron chi connectivity index (χ4n) is 1.86. The summed E-state index contributed by atoms with van der Waals surface area (Å²) in [6, 6.07) is 0. The summed E-state index contributed by atoms with van der Waals surface area (Å²) in [4.78, 5) is 11.0.